The predicted molar refractivity (Wildman–Crippen MR) is 66.6 cm³/mol. The highest BCUT2D eigenvalue weighted by molar-refractivity contribution is 5.37. The lowest BCUT2D eigenvalue weighted by molar-refractivity contribution is 0.101. The van der Waals surface area contributed by atoms with Crippen LogP contribution in [0.4, 0.5) is 0 Å². The topological polar surface area (TPSA) is 46.0 Å². The fourth-order valence-corrected chi connectivity index (χ4v) is 1.97. The van der Waals surface area contributed by atoms with E-state index in [9.17, 15) is 5.11 Å². The first-order valence-electron chi connectivity index (χ1n) is 5.57. The van der Waals surface area contributed by atoms with Crippen LogP contribution in [0.25, 0.3) is 0 Å². The Morgan fingerprint density at radius 2 is 1.47 bits per heavy atom. The molecule has 0 spiro atoms. The first-order chi connectivity index (χ1) is 8.00. The number of hydrogen-bond donors (Lipinski definition) is 1. The summed E-state index contributed by atoms with van der Waals surface area (Å²) in [5.74, 6) is 0. The summed E-state index contributed by atoms with van der Waals surface area (Å²) in [5.41, 5.74) is 2.78. The van der Waals surface area contributed by atoms with Crippen molar-refractivity contribution in [2.75, 3.05) is 0 Å². The largest absolute Gasteiger partial charge is 0.381 e. The molecule has 0 aliphatic heterocycles. The third kappa shape index (κ3) is 2.34. The Labute approximate surface area is 101 Å². The molecule has 1 aromatic carbocycles. The average Bonchev–Trinajstić information content (AvgIpc) is 2.29. The summed E-state index contributed by atoms with van der Waals surface area (Å²) in [6, 6.07) is 6.06. The summed E-state index contributed by atoms with van der Waals surface area (Å²) >= 11 is 0. The van der Waals surface area contributed by atoms with Gasteiger partial charge in [-0.2, -0.15) is 0 Å². The van der Waals surface area contributed by atoms with Crippen molar-refractivity contribution in [3.05, 3.63) is 59.2 Å². The van der Waals surface area contributed by atoms with E-state index >= 15 is 0 Å². The smallest absolute Gasteiger partial charge is 0.115 e. The molecular formula is C14H16N2O. The highest BCUT2D eigenvalue weighted by Gasteiger charge is 2.26. The normalized spacial score (nSPS) is 14.4. The van der Waals surface area contributed by atoms with Gasteiger partial charge < -0.3 is 5.11 Å². The molecule has 3 nitrogen and oxygen atoms in total. The zero-order chi connectivity index (χ0) is 12.5. The van der Waals surface area contributed by atoms with Gasteiger partial charge in [-0.3, -0.25) is 0 Å². The number of aryl methyl sites for hydroxylation is 2. The van der Waals surface area contributed by atoms with E-state index in [1.54, 1.807) is 19.3 Å². The number of benzene rings is 1. The predicted octanol–water partition coefficient (Wildman–Crippen LogP) is 2.35. The molecule has 0 radical (unpaired) electrons. The molecule has 1 aromatic heterocycles. The molecule has 0 aliphatic rings. The molecule has 0 saturated carbocycles. The van der Waals surface area contributed by atoms with Crippen LogP contribution in [0.1, 0.15) is 29.2 Å². The Kier molecular flexibility index (Phi) is 2.94. The summed E-state index contributed by atoms with van der Waals surface area (Å²) in [6.45, 7) is 5.81. The van der Waals surface area contributed by atoms with Crippen LogP contribution in [-0.2, 0) is 5.60 Å². The van der Waals surface area contributed by atoms with Crippen molar-refractivity contribution in [3.63, 3.8) is 0 Å². The van der Waals surface area contributed by atoms with Gasteiger partial charge in [0.05, 0.1) is 0 Å². The number of hydrogen-bond acceptors (Lipinski definition) is 3. The second-order valence-electron chi connectivity index (χ2n) is 4.58. The lowest BCUT2D eigenvalue weighted by atomic mass is 9.88. The van der Waals surface area contributed by atoms with Gasteiger partial charge in [-0.25, -0.2) is 9.97 Å². The van der Waals surface area contributed by atoms with Crippen molar-refractivity contribution >= 4 is 0 Å². The molecule has 1 atom stereocenters. The molecule has 1 heterocycles. The van der Waals surface area contributed by atoms with Crippen LogP contribution in [0.15, 0.2) is 36.9 Å². The molecule has 0 aliphatic carbocycles. The van der Waals surface area contributed by atoms with E-state index in [-0.39, 0.29) is 0 Å². The van der Waals surface area contributed by atoms with Crippen molar-refractivity contribution in [2.24, 2.45) is 0 Å². The third-order valence-electron chi connectivity index (χ3n) is 2.91. The molecular weight excluding hydrogens is 212 g/mol. The van der Waals surface area contributed by atoms with Crippen LogP contribution < -0.4 is 0 Å². The van der Waals surface area contributed by atoms with Crippen LogP contribution in [-0.4, -0.2) is 15.1 Å². The Morgan fingerprint density at radius 3 is 2.00 bits per heavy atom. The first-order valence-corrected chi connectivity index (χ1v) is 5.57. The van der Waals surface area contributed by atoms with Gasteiger partial charge >= 0.3 is 0 Å². The average molecular weight is 228 g/mol. The summed E-state index contributed by atoms with van der Waals surface area (Å²) < 4.78 is 0. The van der Waals surface area contributed by atoms with Crippen LogP contribution in [0, 0.1) is 13.8 Å². The fraction of sp³-hybridized carbons (Fsp3) is 0.286. The van der Waals surface area contributed by atoms with Gasteiger partial charge in [0.25, 0.3) is 0 Å². The minimum atomic E-state index is -1.06. The van der Waals surface area contributed by atoms with Crippen molar-refractivity contribution in [2.45, 2.75) is 26.4 Å². The number of aliphatic hydroxyl groups is 1. The molecule has 17 heavy (non-hydrogen) atoms. The summed E-state index contributed by atoms with van der Waals surface area (Å²) in [4.78, 5) is 7.90. The maximum absolute atomic E-state index is 10.6. The second-order valence-corrected chi connectivity index (χ2v) is 4.58. The quantitative estimate of drug-likeness (QED) is 0.858. The Balaban J connectivity index is 2.51. The molecule has 2 aromatic rings. The second kappa shape index (κ2) is 4.26. The van der Waals surface area contributed by atoms with Gasteiger partial charge in [0.15, 0.2) is 0 Å². The molecule has 0 amide bonds. The number of rotatable bonds is 2. The van der Waals surface area contributed by atoms with E-state index in [2.05, 4.69) is 16.0 Å². The fourth-order valence-electron chi connectivity index (χ4n) is 1.97. The Hall–Kier alpha value is -1.74. The molecule has 0 bridgehead atoms. The van der Waals surface area contributed by atoms with Gasteiger partial charge in [0.2, 0.25) is 0 Å². The van der Waals surface area contributed by atoms with Gasteiger partial charge in [0, 0.05) is 18.0 Å². The summed E-state index contributed by atoms with van der Waals surface area (Å²) in [6.07, 6.45) is 4.75. The van der Waals surface area contributed by atoms with Crippen LogP contribution in [0.3, 0.4) is 0 Å². The lowest BCUT2D eigenvalue weighted by Crippen LogP contribution is -2.23. The summed E-state index contributed by atoms with van der Waals surface area (Å²) in [5, 5.41) is 10.6. The van der Waals surface area contributed by atoms with Crippen LogP contribution >= 0.6 is 0 Å². The molecule has 1 unspecified atom stereocenters. The highest BCUT2D eigenvalue weighted by Crippen LogP contribution is 2.29. The summed E-state index contributed by atoms with van der Waals surface area (Å²) in [7, 11) is 0. The van der Waals surface area contributed by atoms with Crippen molar-refractivity contribution in [1.82, 2.24) is 9.97 Å². The molecule has 2 rings (SSSR count). The lowest BCUT2D eigenvalue weighted by Gasteiger charge is -2.24. The first kappa shape index (κ1) is 11.7. The molecule has 3 heteroatoms. The van der Waals surface area contributed by atoms with Crippen molar-refractivity contribution in [1.29, 1.82) is 0 Å². The molecule has 0 saturated heterocycles. The van der Waals surface area contributed by atoms with E-state index in [4.69, 9.17) is 0 Å². The minimum absolute atomic E-state index is 0.699. The molecule has 88 valence electrons. The van der Waals surface area contributed by atoms with E-state index in [1.165, 1.54) is 6.33 Å². The van der Waals surface area contributed by atoms with E-state index in [0.717, 1.165) is 16.7 Å². The van der Waals surface area contributed by atoms with Gasteiger partial charge in [0.1, 0.15) is 11.9 Å². The zero-order valence-electron chi connectivity index (χ0n) is 10.3. The van der Waals surface area contributed by atoms with E-state index in [1.807, 2.05) is 26.0 Å². The maximum atomic E-state index is 10.6. The van der Waals surface area contributed by atoms with Crippen molar-refractivity contribution in [3.8, 4) is 0 Å². The monoisotopic (exact) mass is 228 g/mol. The molecule has 1 N–H and O–H groups in total. The van der Waals surface area contributed by atoms with E-state index < -0.39 is 5.60 Å². The molecule has 0 fully saturated rings. The van der Waals surface area contributed by atoms with Gasteiger partial charge in [-0.15, -0.1) is 0 Å². The maximum Gasteiger partial charge on any atom is 0.115 e. The number of nitrogens with zero attached hydrogens (tertiary/aromatic N) is 2. The third-order valence-corrected chi connectivity index (χ3v) is 2.91. The Bertz CT molecular complexity index is 501. The number of aromatic nitrogens is 2. The zero-order valence-corrected chi connectivity index (χ0v) is 10.3. The minimum Gasteiger partial charge on any atom is -0.381 e. The van der Waals surface area contributed by atoms with Crippen LogP contribution in [0.2, 0.25) is 0 Å². The SMILES string of the molecule is Cc1cc(C)cc(C(C)(O)c2cncnc2)c1. The van der Waals surface area contributed by atoms with Gasteiger partial charge in [-0.1, -0.05) is 29.3 Å². The standard InChI is InChI=1S/C14H16N2O/c1-10-4-11(2)6-12(5-10)14(3,17)13-7-15-9-16-8-13/h4-9,17H,1-3H3. The van der Waals surface area contributed by atoms with E-state index in [0.29, 0.717) is 5.56 Å². The van der Waals surface area contributed by atoms with Crippen LogP contribution in [0.5, 0.6) is 0 Å². The highest BCUT2D eigenvalue weighted by atomic mass is 16.3. The van der Waals surface area contributed by atoms with Gasteiger partial charge in [-0.05, 0) is 26.3 Å². The Morgan fingerprint density at radius 1 is 0.941 bits per heavy atom. The van der Waals surface area contributed by atoms with Crippen molar-refractivity contribution < 1.29 is 5.11 Å².